The van der Waals surface area contributed by atoms with Crippen molar-refractivity contribution < 1.29 is 13.0 Å². The molecule has 0 saturated carbocycles. The van der Waals surface area contributed by atoms with E-state index in [0.717, 1.165) is 0 Å². The van der Waals surface area contributed by atoms with Crippen LogP contribution in [0, 0.1) is 5.21 Å². The summed E-state index contributed by atoms with van der Waals surface area (Å²) < 4.78 is 29.7. The summed E-state index contributed by atoms with van der Waals surface area (Å²) in [6, 6.07) is 3.48. The van der Waals surface area contributed by atoms with Crippen LogP contribution in [0.1, 0.15) is 12.5 Å². The smallest absolute Gasteiger partial charge is 0.294 e. The molecule has 0 amide bonds. The summed E-state index contributed by atoms with van der Waals surface area (Å²) in [4.78, 5) is -0.208. The van der Waals surface area contributed by atoms with E-state index >= 15 is 0 Å². The van der Waals surface area contributed by atoms with Crippen molar-refractivity contribution in [3.05, 3.63) is 29.0 Å². The average Bonchev–Trinajstić information content (AvgIpc) is 2.36. The van der Waals surface area contributed by atoms with Gasteiger partial charge < -0.3 is 5.21 Å². The van der Waals surface area contributed by atoms with E-state index in [2.05, 4.69) is 0 Å². The van der Waals surface area contributed by atoms with Crippen molar-refractivity contribution in [3.8, 4) is 0 Å². The van der Waals surface area contributed by atoms with Crippen LogP contribution in [0.25, 0.3) is 0 Å². The number of fused-ring (bicyclic) bond motifs is 1. The van der Waals surface area contributed by atoms with Gasteiger partial charge in [-0.1, -0.05) is 0 Å². The predicted molar refractivity (Wildman–Crippen MR) is 58.8 cm³/mol. The summed E-state index contributed by atoms with van der Waals surface area (Å²) in [6.07, 6.45) is 0.401. The minimum atomic E-state index is -4.23. The van der Waals surface area contributed by atoms with Crippen molar-refractivity contribution in [2.75, 3.05) is 0 Å². The third-order valence-corrected chi connectivity index (χ3v) is 3.75. The first-order valence-corrected chi connectivity index (χ1v) is 6.16. The highest BCUT2D eigenvalue weighted by molar-refractivity contribution is 7.85. The molecule has 88 valence electrons. The zero-order valence-electron chi connectivity index (χ0n) is 8.62. The van der Waals surface area contributed by atoms with Crippen LogP contribution in [0.4, 0.5) is 5.69 Å². The van der Waals surface area contributed by atoms with E-state index in [1.165, 1.54) is 18.2 Å². The van der Waals surface area contributed by atoms with E-state index in [9.17, 15) is 13.6 Å². The lowest BCUT2D eigenvalue weighted by molar-refractivity contribution is 0.327. The van der Waals surface area contributed by atoms with E-state index < -0.39 is 14.9 Å². The quantitative estimate of drug-likeness (QED) is 0.325. The highest BCUT2D eigenvalue weighted by Crippen LogP contribution is 2.36. The molecule has 0 fully saturated rings. The monoisotopic (exact) mass is 244 g/mol. The van der Waals surface area contributed by atoms with E-state index in [1.807, 2.05) is 0 Å². The molecular formula is C9H12N2O4S. The van der Waals surface area contributed by atoms with Crippen LogP contribution in [0.2, 0.25) is 0 Å². The molecule has 1 heterocycles. The molecule has 1 aliphatic rings. The third kappa shape index (κ3) is 1.62. The van der Waals surface area contributed by atoms with E-state index in [0.29, 0.717) is 17.7 Å². The van der Waals surface area contributed by atoms with Gasteiger partial charge in [0.05, 0.1) is 4.90 Å². The molecular weight excluding hydrogens is 232 g/mol. The van der Waals surface area contributed by atoms with Crippen LogP contribution >= 0.6 is 0 Å². The molecule has 0 bridgehead atoms. The summed E-state index contributed by atoms with van der Waals surface area (Å²) in [5.41, 5.74) is 0.917. The zero-order chi connectivity index (χ0) is 12.1. The lowest BCUT2D eigenvalue weighted by Gasteiger charge is -2.36. The summed E-state index contributed by atoms with van der Waals surface area (Å²) in [6.45, 7) is 1.69. The minimum Gasteiger partial charge on any atom is -0.606 e. The number of rotatable bonds is 1. The number of benzene rings is 1. The Bertz CT molecular complexity index is 538. The summed E-state index contributed by atoms with van der Waals surface area (Å²) >= 11 is 0. The Morgan fingerprint density at radius 1 is 1.56 bits per heavy atom. The molecule has 0 saturated heterocycles. The maximum atomic E-state index is 11.9. The average molecular weight is 244 g/mol. The van der Waals surface area contributed by atoms with Crippen molar-refractivity contribution >= 4 is 15.8 Å². The predicted octanol–water partition coefficient (Wildman–Crippen LogP) is 0.557. The molecule has 16 heavy (non-hydrogen) atoms. The lowest BCUT2D eigenvalue weighted by Crippen LogP contribution is -2.54. The van der Waals surface area contributed by atoms with Gasteiger partial charge >= 0.3 is 0 Å². The molecule has 6 nitrogen and oxygen atoms in total. The van der Waals surface area contributed by atoms with Gasteiger partial charge in [-0.25, -0.2) is 4.76 Å². The Balaban J connectivity index is 2.57. The molecule has 0 aliphatic carbocycles. The summed E-state index contributed by atoms with van der Waals surface area (Å²) in [5.74, 6) is 5.56. The molecule has 1 aromatic carbocycles. The number of hydrogen-bond donors (Lipinski definition) is 2. The Hall–Kier alpha value is -0.990. The Kier molecular flexibility index (Phi) is 2.34. The van der Waals surface area contributed by atoms with E-state index in [1.54, 1.807) is 6.92 Å². The molecule has 2 rings (SSSR count). The normalized spacial score (nSPS) is 29.1. The van der Waals surface area contributed by atoms with Gasteiger partial charge in [-0.15, -0.1) is 0 Å². The molecule has 7 heteroatoms. The van der Waals surface area contributed by atoms with Crippen molar-refractivity contribution in [2.24, 2.45) is 5.84 Å². The number of quaternary nitrogens is 1. The maximum Gasteiger partial charge on any atom is 0.294 e. The largest absolute Gasteiger partial charge is 0.606 e. The van der Waals surface area contributed by atoms with Crippen LogP contribution in [0.5, 0.6) is 0 Å². The third-order valence-electron chi connectivity index (χ3n) is 2.90. The van der Waals surface area contributed by atoms with Gasteiger partial charge in [-0.05, 0) is 19.1 Å². The second kappa shape index (κ2) is 3.25. The summed E-state index contributed by atoms with van der Waals surface area (Å²) in [5, 5.41) is 11.9. The fourth-order valence-electron chi connectivity index (χ4n) is 1.92. The lowest BCUT2D eigenvalue weighted by atomic mass is 10.1. The van der Waals surface area contributed by atoms with Crippen LogP contribution in [-0.2, 0) is 16.5 Å². The topological polar surface area (TPSA) is 103 Å². The van der Waals surface area contributed by atoms with E-state index in [4.69, 9.17) is 10.4 Å². The number of hydrogen-bond acceptors (Lipinski definition) is 4. The molecule has 0 aromatic heterocycles. The Morgan fingerprint density at radius 2 is 2.19 bits per heavy atom. The van der Waals surface area contributed by atoms with Crippen LogP contribution in [-0.4, -0.2) is 19.0 Å². The van der Waals surface area contributed by atoms with Crippen molar-refractivity contribution in [2.45, 2.75) is 24.3 Å². The van der Waals surface area contributed by atoms with Crippen molar-refractivity contribution in [1.29, 1.82) is 0 Å². The molecule has 0 radical (unpaired) electrons. The number of hydroxylamine groups is 1. The van der Waals surface area contributed by atoms with E-state index in [-0.39, 0.29) is 10.9 Å². The first kappa shape index (κ1) is 11.5. The second-order valence-corrected chi connectivity index (χ2v) is 5.45. The highest BCUT2D eigenvalue weighted by atomic mass is 32.2. The van der Waals surface area contributed by atoms with Gasteiger partial charge in [-0.3, -0.25) is 4.55 Å². The van der Waals surface area contributed by atoms with Gasteiger partial charge in [0.1, 0.15) is 6.04 Å². The van der Waals surface area contributed by atoms with Crippen LogP contribution < -0.4 is 10.6 Å². The minimum absolute atomic E-state index is 0.208. The van der Waals surface area contributed by atoms with Gasteiger partial charge in [0, 0.05) is 18.1 Å². The summed E-state index contributed by atoms with van der Waals surface area (Å²) in [7, 11) is -4.23. The fourth-order valence-corrected chi connectivity index (χ4v) is 2.45. The van der Waals surface area contributed by atoms with Gasteiger partial charge in [0.2, 0.25) is 0 Å². The highest BCUT2D eigenvalue weighted by Gasteiger charge is 2.36. The molecule has 1 aliphatic heterocycles. The number of nitrogens with two attached hydrogens (primary N) is 1. The van der Waals surface area contributed by atoms with Gasteiger partial charge in [0.15, 0.2) is 5.69 Å². The van der Waals surface area contributed by atoms with Crippen LogP contribution in [0.15, 0.2) is 23.1 Å². The van der Waals surface area contributed by atoms with Crippen LogP contribution in [0.3, 0.4) is 0 Å². The second-order valence-electron chi connectivity index (χ2n) is 4.03. The molecule has 2 atom stereocenters. The molecule has 0 unspecified atom stereocenters. The molecule has 0 spiro atoms. The fraction of sp³-hybridized carbons (Fsp3) is 0.333. The molecule has 3 N–H and O–H groups in total. The zero-order valence-corrected chi connectivity index (χ0v) is 9.44. The molecule has 1 aromatic rings. The number of nitrogens with zero attached hydrogens (tertiary/aromatic N) is 1. The Morgan fingerprint density at radius 3 is 2.75 bits per heavy atom. The van der Waals surface area contributed by atoms with Gasteiger partial charge in [-0.2, -0.15) is 14.3 Å². The van der Waals surface area contributed by atoms with Crippen molar-refractivity contribution in [3.63, 3.8) is 0 Å². The van der Waals surface area contributed by atoms with Crippen molar-refractivity contribution in [1.82, 2.24) is 4.76 Å². The Labute approximate surface area is 93.2 Å². The first-order chi connectivity index (χ1) is 7.23. The first-order valence-electron chi connectivity index (χ1n) is 4.72. The standard InChI is InChI=1S/C9H12N2O4S/c1-6-4-7-5-8(16(13,14)15)2-3-9(7)11(6,10)12/h2-3,5-6H,4,10H2,1H3,(H,13,14,15)/t6-,11+/m1/s1. The SMILES string of the molecule is C[C@@H]1Cc2cc(S(=O)(=O)O)ccc2[N@@+]1(N)[O-]. The van der Waals surface area contributed by atoms with Gasteiger partial charge in [0.25, 0.3) is 10.1 Å². The maximum absolute atomic E-state index is 11.9.